The maximum Gasteiger partial charge on any atom is 0.221 e. The standard InChI is InChI=1S/C22H27NO2S/c1-3-22(4-2)16-19(18-12-8-9-13-20(18)25-22)23-21(24)14-15-26-17-10-6-5-7-11-17/h5-13,19H,3-4,14-16H2,1-2H3,(H,23,24)/t19-/m0/s1. The Morgan fingerprint density at radius 1 is 1.12 bits per heavy atom. The highest BCUT2D eigenvalue weighted by molar-refractivity contribution is 7.99. The van der Waals surface area contributed by atoms with Crippen LogP contribution in [0.25, 0.3) is 0 Å². The Labute approximate surface area is 160 Å². The van der Waals surface area contributed by atoms with E-state index in [1.807, 2.05) is 36.4 Å². The summed E-state index contributed by atoms with van der Waals surface area (Å²) >= 11 is 1.72. The lowest BCUT2D eigenvalue weighted by atomic mass is 9.83. The molecule has 0 saturated carbocycles. The molecule has 4 heteroatoms. The van der Waals surface area contributed by atoms with E-state index in [1.165, 1.54) is 4.90 Å². The van der Waals surface area contributed by atoms with Crippen molar-refractivity contribution in [3.05, 3.63) is 60.2 Å². The van der Waals surface area contributed by atoms with Gasteiger partial charge in [0.05, 0.1) is 6.04 Å². The molecule has 0 fully saturated rings. The van der Waals surface area contributed by atoms with E-state index >= 15 is 0 Å². The van der Waals surface area contributed by atoms with E-state index in [2.05, 4.69) is 37.4 Å². The lowest BCUT2D eigenvalue weighted by molar-refractivity contribution is -0.122. The number of para-hydroxylation sites is 1. The lowest BCUT2D eigenvalue weighted by Crippen LogP contribution is -2.44. The third kappa shape index (κ3) is 4.42. The van der Waals surface area contributed by atoms with E-state index in [0.717, 1.165) is 36.3 Å². The van der Waals surface area contributed by atoms with E-state index in [1.54, 1.807) is 11.8 Å². The molecule has 2 aromatic rings. The topological polar surface area (TPSA) is 38.3 Å². The molecular formula is C22H27NO2S. The van der Waals surface area contributed by atoms with Gasteiger partial charge in [0.1, 0.15) is 11.4 Å². The average Bonchev–Trinajstić information content (AvgIpc) is 2.68. The Morgan fingerprint density at radius 3 is 2.54 bits per heavy atom. The third-order valence-electron chi connectivity index (χ3n) is 5.16. The molecule has 0 radical (unpaired) electrons. The van der Waals surface area contributed by atoms with Gasteiger partial charge in [-0.05, 0) is 31.0 Å². The molecule has 0 aliphatic carbocycles. The van der Waals surface area contributed by atoms with Crippen molar-refractivity contribution in [1.82, 2.24) is 5.32 Å². The maximum absolute atomic E-state index is 12.5. The predicted octanol–water partition coefficient (Wildman–Crippen LogP) is 5.37. The average molecular weight is 370 g/mol. The molecule has 3 nitrogen and oxygen atoms in total. The summed E-state index contributed by atoms with van der Waals surface area (Å²) in [7, 11) is 0. The minimum absolute atomic E-state index is 0.0223. The number of fused-ring (bicyclic) bond motifs is 1. The zero-order valence-electron chi connectivity index (χ0n) is 15.5. The van der Waals surface area contributed by atoms with E-state index < -0.39 is 0 Å². The van der Waals surface area contributed by atoms with Crippen molar-refractivity contribution in [3.8, 4) is 5.75 Å². The molecule has 2 aromatic carbocycles. The summed E-state index contributed by atoms with van der Waals surface area (Å²) in [5, 5.41) is 3.25. The van der Waals surface area contributed by atoms with Crippen LogP contribution >= 0.6 is 11.8 Å². The highest BCUT2D eigenvalue weighted by Gasteiger charge is 2.38. The Bertz CT molecular complexity index is 728. The quantitative estimate of drug-likeness (QED) is 0.667. The number of benzene rings is 2. The minimum atomic E-state index is -0.189. The summed E-state index contributed by atoms with van der Waals surface area (Å²) in [5.74, 6) is 1.80. The Morgan fingerprint density at radius 2 is 1.81 bits per heavy atom. The summed E-state index contributed by atoms with van der Waals surface area (Å²) < 4.78 is 6.31. The first-order valence-electron chi connectivity index (χ1n) is 9.41. The number of carbonyl (C=O) groups is 1. The molecule has 0 spiro atoms. The molecule has 0 bridgehead atoms. The molecule has 1 aliphatic heterocycles. The van der Waals surface area contributed by atoms with E-state index in [9.17, 15) is 4.79 Å². The van der Waals surface area contributed by atoms with Crippen molar-refractivity contribution in [2.24, 2.45) is 0 Å². The molecule has 1 atom stereocenters. The van der Waals surface area contributed by atoms with Crippen LogP contribution in [0, 0.1) is 0 Å². The van der Waals surface area contributed by atoms with Crippen LogP contribution in [0.15, 0.2) is 59.5 Å². The van der Waals surface area contributed by atoms with Crippen molar-refractivity contribution in [2.45, 2.75) is 56.1 Å². The van der Waals surface area contributed by atoms with E-state index in [-0.39, 0.29) is 17.6 Å². The third-order valence-corrected chi connectivity index (χ3v) is 6.18. The summed E-state index contributed by atoms with van der Waals surface area (Å²) in [6.45, 7) is 4.32. The monoisotopic (exact) mass is 369 g/mol. The highest BCUT2D eigenvalue weighted by atomic mass is 32.2. The maximum atomic E-state index is 12.5. The van der Waals surface area contributed by atoms with Crippen molar-refractivity contribution in [3.63, 3.8) is 0 Å². The molecule has 1 heterocycles. The molecular weight excluding hydrogens is 342 g/mol. The number of carbonyl (C=O) groups excluding carboxylic acids is 1. The molecule has 1 aliphatic rings. The molecule has 26 heavy (non-hydrogen) atoms. The molecule has 3 rings (SSSR count). The van der Waals surface area contributed by atoms with Crippen molar-refractivity contribution >= 4 is 17.7 Å². The second kappa shape index (κ2) is 8.63. The Kier molecular flexibility index (Phi) is 6.25. The molecule has 0 aromatic heterocycles. The summed E-state index contributed by atoms with van der Waals surface area (Å²) in [5.41, 5.74) is 0.902. The zero-order chi connectivity index (χ0) is 18.4. The minimum Gasteiger partial charge on any atom is -0.487 e. The zero-order valence-corrected chi connectivity index (χ0v) is 16.4. The predicted molar refractivity (Wildman–Crippen MR) is 108 cm³/mol. The van der Waals surface area contributed by atoms with Gasteiger partial charge < -0.3 is 10.1 Å². The van der Waals surface area contributed by atoms with Gasteiger partial charge in [0.15, 0.2) is 0 Å². The second-order valence-corrected chi connectivity index (χ2v) is 7.93. The molecule has 1 amide bonds. The molecule has 138 valence electrons. The molecule has 1 N–H and O–H groups in total. The van der Waals surface area contributed by atoms with Gasteiger partial charge in [-0.15, -0.1) is 11.8 Å². The normalized spacial score (nSPS) is 17.8. The van der Waals surface area contributed by atoms with Crippen molar-refractivity contribution in [2.75, 3.05) is 5.75 Å². The van der Waals surface area contributed by atoms with Gasteiger partial charge in [0.25, 0.3) is 0 Å². The van der Waals surface area contributed by atoms with Crippen LogP contribution in [-0.4, -0.2) is 17.3 Å². The number of nitrogens with one attached hydrogen (secondary N) is 1. The largest absolute Gasteiger partial charge is 0.487 e. The molecule has 0 unspecified atom stereocenters. The Balaban J connectivity index is 1.63. The highest BCUT2D eigenvalue weighted by Crippen LogP contribution is 2.42. The van der Waals surface area contributed by atoms with Gasteiger partial charge in [-0.25, -0.2) is 0 Å². The fourth-order valence-electron chi connectivity index (χ4n) is 3.47. The number of thioether (sulfide) groups is 1. The number of amides is 1. The SMILES string of the molecule is CCC1(CC)C[C@H](NC(=O)CCSc2ccccc2)c2ccccc2O1. The van der Waals surface area contributed by atoms with Crippen molar-refractivity contribution in [1.29, 1.82) is 0 Å². The van der Waals surface area contributed by atoms with E-state index in [0.29, 0.717) is 6.42 Å². The fraction of sp³-hybridized carbons (Fsp3) is 0.409. The number of rotatable bonds is 7. The summed E-state index contributed by atoms with van der Waals surface area (Å²) in [4.78, 5) is 13.7. The van der Waals surface area contributed by atoms with Crippen LogP contribution in [0.5, 0.6) is 5.75 Å². The summed E-state index contributed by atoms with van der Waals surface area (Å²) in [6, 6.07) is 18.3. The van der Waals surface area contributed by atoms with Crippen LogP contribution in [0.4, 0.5) is 0 Å². The number of hydrogen-bond donors (Lipinski definition) is 1. The van der Waals surface area contributed by atoms with Crippen LogP contribution in [-0.2, 0) is 4.79 Å². The van der Waals surface area contributed by atoms with Gasteiger partial charge >= 0.3 is 0 Å². The summed E-state index contributed by atoms with van der Waals surface area (Å²) in [6.07, 6.45) is 3.22. The van der Waals surface area contributed by atoms with Crippen LogP contribution < -0.4 is 10.1 Å². The van der Waals surface area contributed by atoms with Gasteiger partial charge in [-0.2, -0.15) is 0 Å². The number of ether oxygens (including phenoxy) is 1. The first kappa shape index (κ1) is 18.8. The van der Waals surface area contributed by atoms with E-state index in [4.69, 9.17) is 4.74 Å². The Hall–Kier alpha value is -1.94. The first-order valence-corrected chi connectivity index (χ1v) is 10.4. The number of hydrogen-bond acceptors (Lipinski definition) is 3. The van der Waals surface area contributed by atoms with Crippen LogP contribution in [0.1, 0.15) is 51.1 Å². The van der Waals surface area contributed by atoms with Gasteiger partial charge in [0, 0.05) is 29.1 Å². The first-order chi connectivity index (χ1) is 12.7. The fourth-order valence-corrected chi connectivity index (χ4v) is 4.35. The molecule has 0 saturated heterocycles. The van der Waals surface area contributed by atoms with Crippen molar-refractivity contribution < 1.29 is 9.53 Å². The van der Waals surface area contributed by atoms with Gasteiger partial charge in [-0.3, -0.25) is 4.79 Å². The van der Waals surface area contributed by atoms with Crippen LogP contribution in [0.2, 0.25) is 0 Å². The second-order valence-electron chi connectivity index (χ2n) is 6.77. The smallest absolute Gasteiger partial charge is 0.221 e. The van der Waals surface area contributed by atoms with Crippen LogP contribution in [0.3, 0.4) is 0 Å². The van der Waals surface area contributed by atoms with Gasteiger partial charge in [-0.1, -0.05) is 50.2 Å². The van der Waals surface area contributed by atoms with Gasteiger partial charge in [0.2, 0.25) is 5.91 Å². The lowest BCUT2D eigenvalue weighted by Gasteiger charge is -2.41.